The van der Waals surface area contributed by atoms with Crippen LogP contribution in [0.4, 0.5) is 4.79 Å². The van der Waals surface area contributed by atoms with Gasteiger partial charge >= 0.3 is 12.0 Å². The molecular weight excluding hydrogens is 296 g/mol. The van der Waals surface area contributed by atoms with Crippen molar-refractivity contribution in [3.05, 3.63) is 47.2 Å². The highest BCUT2D eigenvalue weighted by molar-refractivity contribution is 5.95. The van der Waals surface area contributed by atoms with E-state index in [4.69, 9.17) is 9.47 Å². The van der Waals surface area contributed by atoms with Gasteiger partial charge in [-0.15, -0.1) is 0 Å². The molecule has 1 aromatic carbocycles. The number of amides is 2. The standard InChI is InChI=1S/C17H20N2O4/c1-4-23-16(20)15-11(2)18-17(21)19-13(15)10-9-12-7-5-6-8-14(12)22-3/h5-10,13H,4H2,1-3H3,(H2,18,19,21)/b10-9+/t13-/m0/s1. The van der Waals surface area contributed by atoms with Gasteiger partial charge < -0.3 is 20.1 Å². The molecule has 6 nitrogen and oxygen atoms in total. The summed E-state index contributed by atoms with van der Waals surface area (Å²) in [5, 5.41) is 5.30. The smallest absolute Gasteiger partial charge is 0.338 e. The van der Waals surface area contributed by atoms with Crippen LogP contribution in [0.2, 0.25) is 0 Å². The molecule has 122 valence electrons. The van der Waals surface area contributed by atoms with Gasteiger partial charge in [0.15, 0.2) is 0 Å². The first-order valence-corrected chi connectivity index (χ1v) is 7.33. The van der Waals surface area contributed by atoms with Gasteiger partial charge in [0, 0.05) is 11.3 Å². The van der Waals surface area contributed by atoms with Crippen LogP contribution in [0.1, 0.15) is 19.4 Å². The van der Waals surface area contributed by atoms with Crippen LogP contribution in [0.25, 0.3) is 6.08 Å². The first-order valence-electron chi connectivity index (χ1n) is 7.33. The largest absolute Gasteiger partial charge is 0.496 e. The first-order chi connectivity index (χ1) is 11.1. The maximum atomic E-state index is 12.1. The van der Waals surface area contributed by atoms with E-state index in [9.17, 15) is 9.59 Å². The summed E-state index contributed by atoms with van der Waals surface area (Å²) >= 11 is 0. The number of benzene rings is 1. The highest BCUT2D eigenvalue weighted by Gasteiger charge is 2.29. The van der Waals surface area contributed by atoms with Gasteiger partial charge in [0.05, 0.1) is 25.3 Å². The minimum Gasteiger partial charge on any atom is -0.496 e. The third-order valence-corrected chi connectivity index (χ3v) is 3.41. The Balaban J connectivity index is 2.31. The maximum Gasteiger partial charge on any atom is 0.338 e. The predicted octanol–water partition coefficient (Wildman–Crippen LogP) is 2.23. The molecule has 0 aliphatic carbocycles. The van der Waals surface area contributed by atoms with E-state index >= 15 is 0 Å². The highest BCUT2D eigenvalue weighted by atomic mass is 16.5. The number of rotatable bonds is 5. The van der Waals surface area contributed by atoms with Gasteiger partial charge in [0.1, 0.15) is 5.75 Å². The molecule has 6 heteroatoms. The molecule has 0 radical (unpaired) electrons. The Bertz CT molecular complexity index is 664. The van der Waals surface area contributed by atoms with E-state index in [1.165, 1.54) is 0 Å². The van der Waals surface area contributed by atoms with Crippen LogP contribution >= 0.6 is 0 Å². The molecule has 0 aromatic heterocycles. The molecule has 23 heavy (non-hydrogen) atoms. The number of para-hydroxylation sites is 1. The normalized spacial score (nSPS) is 17.7. The number of nitrogens with one attached hydrogen (secondary N) is 2. The van der Waals surface area contributed by atoms with Crippen molar-refractivity contribution in [1.82, 2.24) is 10.6 Å². The van der Waals surface area contributed by atoms with E-state index in [-0.39, 0.29) is 12.6 Å². The lowest BCUT2D eigenvalue weighted by atomic mass is 10.0. The molecular formula is C17H20N2O4. The van der Waals surface area contributed by atoms with Crippen LogP contribution < -0.4 is 15.4 Å². The van der Waals surface area contributed by atoms with Crippen LogP contribution in [0.15, 0.2) is 41.6 Å². The summed E-state index contributed by atoms with van der Waals surface area (Å²) in [6.45, 7) is 3.68. The highest BCUT2D eigenvalue weighted by Crippen LogP contribution is 2.21. The molecule has 2 N–H and O–H groups in total. The zero-order valence-corrected chi connectivity index (χ0v) is 13.4. The minimum atomic E-state index is -0.562. The SMILES string of the molecule is CCOC(=O)C1=C(C)NC(=O)N[C@H]1/C=C/c1ccccc1OC. The van der Waals surface area contributed by atoms with Crippen LogP contribution in [-0.4, -0.2) is 31.8 Å². The number of urea groups is 1. The summed E-state index contributed by atoms with van der Waals surface area (Å²) in [5.74, 6) is 0.259. The van der Waals surface area contributed by atoms with Crippen LogP contribution in [0, 0.1) is 0 Å². The third kappa shape index (κ3) is 3.91. The Hall–Kier alpha value is -2.76. The van der Waals surface area contributed by atoms with Gasteiger partial charge in [-0.25, -0.2) is 9.59 Å². The summed E-state index contributed by atoms with van der Waals surface area (Å²) in [4.78, 5) is 23.8. The number of esters is 1. The number of hydrogen-bond acceptors (Lipinski definition) is 4. The molecule has 0 spiro atoms. The van der Waals surface area contributed by atoms with Crippen molar-refractivity contribution in [3.8, 4) is 5.75 Å². The van der Waals surface area contributed by atoms with Gasteiger partial charge in [-0.05, 0) is 19.9 Å². The summed E-state index contributed by atoms with van der Waals surface area (Å²) < 4.78 is 10.4. The Morgan fingerprint density at radius 2 is 2.09 bits per heavy atom. The fraction of sp³-hybridized carbons (Fsp3) is 0.294. The van der Waals surface area contributed by atoms with E-state index in [1.807, 2.05) is 30.3 Å². The van der Waals surface area contributed by atoms with E-state index in [1.54, 1.807) is 27.0 Å². The quantitative estimate of drug-likeness (QED) is 0.817. The van der Waals surface area contributed by atoms with Gasteiger partial charge in [-0.2, -0.15) is 0 Å². The second-order valence-corrected chi connectivity index (χ2v) is 4.94. The predicted molar refractivity (Wildman–Crippen MR) is 86.8 cm³/mol. The lowest BCUT2D eigenvalue weighted by molar-refractivity contribution is -0.138. The van der Waals surface area contributed by atoms with Crippen LogP contribution in [0.3, 0.4) is 0 Å². The zero-order valence-electron chi connectivity index (χ0n) is 13.4. The topological polar surface area (TPSA) is 76.7 Å². The third-order valence-electron chi connectivity index (χ3n) is 3.41. The number of allylic oxidation sites excluding steroid dienone is 1. The molecule has 1 aliphatic rings. The van der Waals surface area contributed by atoms with Crippen molar-refractivity contribution in [1.29, 1.82) is 0 Å². The van der Waals surface area contributed by atoms with E-state index < -0.39 is 12.0 Å². The van der Waals surface area contributed by atoms with Crippen LogP contribution in [0.5, 0.6) is 5.75 Å². The molecule has 0 bridgehead atoms. The number of carbonyl (C=O) groups excluding carboxylic acids is 2. The minimum absolute atomic E-state index is 0.270. The molecule has 1 heterocycles. The Kier molecular flexibility index (Phi) is 5.41. The van der Waals surface area contributed by atoms with Crippen molar-refractivity contribution in [2.24, 2.45) is 0 Å². The first kappa shape index (κ1) is 16.6. The molecule has 1 atom stereocenters. The van der Waals surface area contributed by atoms with Gasteiger partial charge in [-0.3, -0.25) is 0 Å². The van der Waals surface area contributed by atoms with Crippen molar-refractivity contribution < 1.29 is 19.1 Å². The Morgan fingerprint density at radius 1 is 1.35 bits per heavy atom. The summed E-state index contributed by atoms with van der Waals surface area (Å²) in [7, 11) is 1.59. The lowest BCUT2D eigenvalue weighted by Crippen LogP contribution is -2.49. The van der Waals surface area contributed by atoms with Gasteiger partial charge in [0.25, 0.3) is 0 Å². The maximum absolute atomic E-state index is 12.1. The summed E-state index contributed by atoms with van der Waals surface area (Å²) in [6, 6.07) is 6.57. The molecule has 0 saturated carbocycles. The Morgan fingerprint density at radius 3 is 2.78 bits per heavy atom. The molecule has 0 fully saturated rings. The average Bonchev–Trinajstić information content (AvgIpc) is 2.52. The molecule has 2 amide bonds. The Labute approximate surface area is 135 Å². The second kappa shape index (κ2) is 7.49. The molecule has 0 saturated heterocycles. The molecule has 1 aliphatic heterocycles. The van der Waals surface area contributed by atoms with Crippen molar-refractivity contribution in [2.75, 3.05) is 13.7 Å². The fourth-order valence-corrected chi connectivity index (χ4v) is 2.36. The van der Waals surface area contributed by atoms with Crippen molar-refractivity contribution in [2.45, 2.75) is 19.9 Å². The zero-order chi connectivity index (χ0) is 16.8. The van der Waals surface area contributed by atoms with E-state index in [2.05, 4.69) is 10.6 Å². The number of methoxy groups -OCH3 is 1. The average molecular weight is 316 g/mol. The van der Waals surface area contributed by atoms with Crippen molar-refractivity contribution >= 4 is 18.1 Å². The fourth-order valence-electron chi connectivity index (χ4n) is 2.36. The van der Waals surface area contributed by atoms with Gasteiger partial charge in [-0.1, -0.05) is 30.4 Å². The van der Waals surface area contributed by atoms with Crippen LogP contribution in [-0.2, 0) is 9.53 Å². The number of ether oxygens (including phenoxy) is 2. The molecule has 2 rings (SSSR count). The monoisotopic (exact) mass is 316 g/mol. The lowest BCUT2D eigenvalue weighted by Gasteiger charge is -2.25. The summed E-state index contributed by atoms with van der Waals surface area (Å²) in [5.41, 5.74) is 1.73. The summed E-state index contributed by atoms with van der Waals surface area (Å²) in [6.07, 6.45) is 3.55. The van der Waals surface area contributed by atoms with E-state index in [0.717, 1.165) is 5.56 Å². The van der Waals surface area contributed by atoms with E-state index in [0.29, 0.717) is 17.0 Å². The molecule has 0 unspecified atom stereocenters. The number of hydrogen-bond donors (Lipinski definition) is 2. The molecule has 1 aromatic rings. The van der Waals surface area contributed by atoms with Crippen molar-refractivity contribution in [3.63, 3.8) is 0 Å². The second-order valence-electron chi connectivity index (χ2n) is 4.94. The van der Waals surface area contributed by atoms with Gasteiger partial charge in [0.2, 0.25) is 0 Å². The number of carbonyl (C=O) groups is 2.